The van der Waals surface area contributed by atoms with E-state index in [0.29, 0.717) is 49.0 Å². The number of esters is 2. The van der Waals surface area contributed by atoms with Gasteiger partial charge in [-0.1, -0.05) is 17.4 Å². The van der Waals surface area contributed by atoms with Gasteiger partial charge in [-0.2, -0.15) is 0 Å². The highest BCUT2D eigenvalue weighted by molar-refractivity contribution is 14.1. The normalized spacial score (nSPS) is 13.9. The fourth-order valence-electron chi connectivity index (χ4n) is 5.40. The summed E-state index contributed by atoms with van der Waals surface area (Å²) in [4.78, 5) is 55.3. The smallest absolute Gasteiger partial charge is 0.343 e. The Bertz CT molecular complexity index is 2230. The molecule has 1 aliphatic heterocycles. The summed E-state index contributed by atoms with van der Waals surface area (Å²) in [7, 11) is 2.76. The van der Waals surface area contributed by atoms with Gasteiger partial charge in [0.15, 0.2) is 34.4 Å². The number of benzene rings is 3. The van der Waals surface area contributed by atoms with Gasteiger partial charge in [-0.15, -0.1) is 0 Å². The first-order valence-corrected chi connectivity index (χ1v) is 17.8. The van der Waals surface area contributed by atoms with Crippen LogP contribution in [0.1, 0.15) is 43.5 Å². The average Bonchev–Trinajstić information content (AvgIpc) is 3.43. The molecule has 0 spiro atoms. The number of methoxy groups -OCH3 is 2. The number of ether oxygens (including phenoxy) is 6. The summed E-state index contributed by atoms with van der Waals surface area (Å²) < 4.78 is 36.0. The second-order valence-corrected chi connectivity index (χ2v) is 13.3. The van der Waals surface area contributed by atoms with Gasteiger partial charge in [0.1, 0.15) is 6.61 Å². The first-order valence-electron chi connectivity index (χ1n) is 15.9. The first-order chi connectivity index (χ1) is 25.0. The van der Waals surface area contributed by atoms with Crippen LogP contribution in [0.5, 0.6) is 23.0 Å². The molecule has 2 heterocycles. The third kappa shape index (κ3) is 8.28. The molecule has 16 heteroatoms. The van der Waals surface area contributed by atoms with Crippen LogP contribution in [0, 0.1) is 13.7 Å². The lowest BCUT2D eigenvalue weighted by molar-refractivity contribution is -0.384. The lowest BCUT2D eigenvalue weighted by Gasteiger charge is -2.25. The molecule has 0 aliphatic carbocycles. The summed E-state index contributed by atoms with van der Waals surface area (Å²) in [5.41, 5.74) is 1.83. The van der Waals surface area contributed by atoms with Gasteiger partial charge in [0.05, 0.1) is 54.2 Å². The number of thiazole rings is 1. The Morgan fingerprint density at radius 3 is 2.40 bits per heavy atom. The third-order valence-corrected chi connectivity index (χ3v) is 9.36. The highest BCUT2D eigenvalue weighted by Gasteiger charge is 2.34. The standard InChI is InChI=1S/C36H34IN3O11S/c1-6-48-27-15-22(10-13-26(27)50-19-30(41)47-5)32-31(35(43)49-7-2)20(3)38-36-39(32)34(42)29(52-36)16-23-14-24(37)17-28(46-4)33(23)51-18-21-8-11-25(12-9-21)40(44)45/h8-17,32H,6-7,18-19H2,1-5H3/b29-16+/t32-/m0/s1. The molecule has 52 heavy (non-hydrogen) atoms. The number of halogens is 1. The van der Waals surface area contributed by atoms with Crippen LogP contribution in [0.15, 0.2) is 75.7 Å². The molecular formula is C36H34IN3O11S. The Morgan fingerprint density at radius 1 is 1.00 bits per heavy atom. The molecule has 4 aromatic rings. The van der Waals surface area contributed by atoms with Crippen molar-refractivity contribution in [3.05, 3.63) is 116 Å². The van der Waals surface area contributed by atoms with E-state index in [2.05, 4.69) is 32.3 Å². The zero-order chi connectivity index (χ0) is 37.5. The number of hydrogen-bond donors (Lipinski definition) is 0. The van der Waals surface area contributed by atoms with Crippen LogP contribution in [-0.2, 0) is 25.7 Å². The maximum atomic E-state index is 14.4. The molecule has 0 unspecified atom stereocenters. The molecule has 0 saturated heterocycles. The van der Waals surface area contributed by atoms with Crippen LogP contribution in [0.3, 0.4) is 0 Å². The minimum absolute atomic E-state index is 0.0386. The minimum atomic E-state index is -0.949. The van der Waals surface area contributed by atoms with Gasteiger partial charge in [0, 0.05) is 21.3 Å². The van der Waals surface area contributed by atoms with Crippen molar-refractivity contribution in [1.29, 1.82) is 0 Å². The predicted octanol–water partition coefficient (Wildman–Crippen LogP) is 4.85. The number of fused-ring (bicyclic) bond motifs is 1. The monoisotopic (exact) mass is 843 g/mol. The molecule has 0 N–H and O–H groups in total. The van der Waals surface area contributed by atoms with Gasteiger partial charge < -0.3 is 28.4 Å². The van der Waals surface area contributed by atoms with E-state index in [0.717, 1.165) is 14.9 Å². The highest BCUT2D eigenvalue weighted by atomic mass is 127. The minimum Gasteiger partial charge on any atom is -0.493 e. The van der Waals surface area contributed by atoms with Gasteiger partial charge in [-0.3, -0.25) is 19.5 Å². The van der Waals surface area contributed by atoms with Crippen LogP contribution in [0.2, 0.25) is 0 Å². The van der Waals surface area contributed by atoms with Gasteiger partial charge in [0.2, 0.25) is 0 Å². The molecule has 0 radical (unpaired) electrons. The molecule has 0 bridgehead atoms. The molecule has 5 rings (SSSR count). The Hall–Kier alpha value is -5.23. The molecule has 1 atom stereocenters. The molecular weight excluding hydrogens is 809 g/mol. The van der Waals surface area contributed by atoms with Crippen LogP contribution in [0.4, 0.5) is 5.69 Å². The van der Waals surface area contributed by atoms with E-state index in [1.807, 2.05) is 6.07 Å². The summed E-state index contributed by atoms with van der Waals surface area (Å²) in [6.07, 6.45) is 1.68. The predicted molar refractivity (Wildman–Crippen MR) is 199 cm³/mol. The van der Waals surface area contributed by atoms with E-state index in [9.17, 15) is 24.5 Å². The zero-order valence-electron chi connectivity index (χ0n) is 28.8. The van der Waals surface area contributed by atoms with Crippen molar-refractivity contribution in [2.45, 2.75) is 33.4 Å². The summed E-state index contributed by atoms with van der Waals surface area (Å²) >= 11 is 3.28. The van der Waals surface area contributed by atoms with Crippen LogP contribution in [0.25, 0.3) is 6.08 Å². The number of aromatic nitrogens is 1. The Labute approximate surface area is 315 Å². The van der Waals surface area contributed by atoms with Gasteiger partial charge >= 0.3 is 11.9 Å². The first kappa shape index (κ1) is 38.0. The molecule has 1 aliphatic rings. The van der Waals surface area contributed by atoms with E-state index in [4.69, 9.17) is 23.7 Å². The number of non-ortho nitro benzene ring substituents is 1. The number of carbonyl (C=O) groups is 2. The summed E-state index contributed by atoms with van der Waals surface area (Å²) in [5.74, 6) is 0.143. The lowest BCUT2D eigenvalue weighted by atomic mass is 9.95. The number of allylic oxidation sites excluding steroid dienone is 1. The van der Waals surface area contributed by atoms with Crippen molar-refractivity contribution in [2.24, 2.45) is 4.99 Å². The van der Waals surface area contributed by atoms with Crippen LogP contribution < -0.4 is 33.8 Å². The lowest BCUT2D eigenvalue weighted by Crippen LogP contribution is -2.40. The quantitative estimate of drug-likeness (QED) is 0.0737. The second kappa shape index (κ2) is 16.9. The molecule has 14 nitrogen and oxygen atoms in total. The average molecular weight is 844 g/mol. The van der Waals surface area contributed by atoms with Crippen molar-refractivity contribution < 1.29 is 42.9 Å². The second-order valence-electron chi connectivity index (χ2n) is 11.0. The molecule has 1 aromatic heterocycles. The summed E-state index contributed by atoms with van der Waals surface area (Å²) in [6, 6.07) is 13.6. The van der Waals surface area contributed by atoms with Gasteiger partial charge in [-0.25, -0.2) is 14.6 Å². The van der Waals surface area contributed by atoms with Gasteiger partial charge in [0.25, 0.3) is 11.2 Å². The number of nitro benzene ring substituents is 1. The maximum absolute atomic E-state index is 14.4. The topological polar surface area (TPSA) is 167 Å². The Kier molecular flexibility index (Phi) is 12.3. The van der Waals surface area contributed by atoms with Crippen LogP contribution >= 0.6 is 33.9 Å². The van der Waals surface area contributed by atoms with Gasteiger partial charge in [-0.05, 0) is 97.0 Å². The summed E-state index contributed by atoms with van der Waals surface area (Å²) in [5, 5.41) is 11.1. The maximum Gasteiger partial charge on any atom is 0.343 e. The molecule has 0 saturated carbocycles. The molecule has 0 fully saturated rings. The van der Waals surface area contributed by atoms with E-state index < -0.39 is 28.5 Å². The number of nitrogens with zero attached hydrogens (tertiary/aromatic N) is 3. The SMILES string of the molecule is CCOC(=O)C1=C(C)N=c2s/c(=C/c3cc(I)cc(OC)c3OCc3ccc([N+](=O)[O-])cc3)c(=O)n2[C@H]1c1ccc(OCC(=O)OC)c(OCC)c1. The fraction of sp³-hybridized carbons (Fsp3) is 0.278. The Balaban J connectivity index is 1.63. The summed E-state index contributed by atoms with van der Waals surface area (Å²) in [6.45, 7) is 5.26. The number of hydrogen-bond acceptors (Lipinski definition) is 13. The van der Waals surface area contributed by atoms with E-state index in [-0.39, 0.29) is 43.4 Å². The Morgan fingerprint density at radius 2 is 1.75 bits per heavy atom. The van der Waals surface area contributed by atoms with Crippen molar-refractivity contribution in [2.75, 3.05) is 34.0 Å². The third-order valence-electron chi connectivity index (χ3n) is 7.76. The highest BCUT2D eigenvalue weighted by Crippen LogP contribution is 2.37. The van der Waals surface area contributed by atoms with Crippen LogP contribution in [-0.4, -0.2) is 55.5 Å². The number of rotatable bonds is 14. The molecule has 3 aromatic carbocycles. The molecule has 272 valence electrons. The number of carbonyl (C=O) groups excluding carboxylic acids is 2. The van der Waals surface area contributed by atoms with Crippen molar-refractivity contribution in [1.82, 2.24) is 4.57 Å². The van der Waals surface area contributed by atoms with E-state index in [1.54, 1.807) is 63.2 Å². The fourth-order valence-corrected chi connectivity index (χ4v) is 7.05. The zero-order valence-corrected chi connectivity index (χ0v) is 31.8. The van der Waals surface area contributed by atoms with Crippen molar-refractivity contribution in [3.63, 3.8) is 0 Å². The van der Waals surface area contributed by atoms with Crippen molar-refractivity contribution >= 4 is 57.6 Å². The van der Waals surface area contributed by atoms with Crippen molar-refractivity contribution in [3.8, 4) is 23.0 Å². The van der Waals surface area contributed by atoms with E-state index in [1.165, 1.54) is 30.9 Å². The molecule has 0 amide bonds. The largest absolute Gasteiger partial charge is 0.493 e. The number of nitro groups is 1. The van der Waals surface area contributed by atoms with E-state index >= 15 is 0 Å².